The van der Waals surface area contributed by atoms with Gasteiger partial charge < -0.3 is 24.0 Å². The molecular formula is C27H40N2O5. The zero-order valence-electron chi connectivity index (χ0n) is 21.3. The maximum Gasteiger partial charge on any atom is 0.410 e. The Hall–Kier alpha value is -2.38. The van der Waals surface area contributed by atoms with Crippen LogP contribution in [0.3, 0.4) is 0 Å². The van der Waals surface area contributed by atoms with Gasteiger partial charge in [0.25, 0.3) is 0 Å². The van der Waals surface area contributed by atoms with E-state index in [2.05, 4.69) is 34.8 Å². The van der Waals surface area contributed by atoms with Gasteiger partial charge in [0.05, 0.1) is 13.7 Å². The molecule has 1 saturated heterocycles. The average Bonchev–Trinajstić information content (AvgIpc) is 3.57. The first-order chi connectivity index (χ1) is 16.2. The Kier molecular flexibility index (Phi) is 9.14. The number of likely N-dealkylation sites (tertiary alicyclic amines) is 1. The van der Waals surface area contributed by atoms with Crippen LogP contribution in [0.1, 0.15) is 52.5 Å². The fourth-order valence-corrected chi connectivity index (χ4v) is 4.60. The number of ether oxygens (including phenoxy) is 3. The number of piperidine rings is 1. The molecule has 0 N–H and O–H groups in total. The van der Waals surface area contributed by atoms with E-state index in [1.807, 2.05) is 43.9 Å². The normalized spacial score (nSPS) is 21.7. The summed E-state index contributed by atoms with van der Waals surface area (Å²) in [6.07, 6.45) is 4.82. The van der Waals surface area contributed by atoms with Crippen molar-refractivity contribution in [2.75, 3.05) is 40.0 Å². The van der Waals surface area contributed by atoms with Crippen molar-refractivity contribution in [2.24, 2.45) is 5.92 Å². The molecule has 0 unspecified atom stereocenters. The van der Waals surface area contributed by atoms with Crippen molar-refractivity contribution in [1.29, 1.82) is 0 Å². The van der Waals surface area contributed by atoms with E-state index >= 15 is 0 Å². The zero-order valence-corrected chi connectivity index (χ0v) is 21.3. The fourth-order valence-electron chi connectivity index (χ4n) is 4.60. The third-order valence-corrected chi connectivity index (χ3v) is 6.45. The van der Waals surface area contributed by atoms with E-state index in [9.17, 15) is 9.59 Å². The monoisotopic (exact) mass is 472 g/mol. The molecule has 188 valence electrons. The van der Waals surface area contributed by atoms with Gasteiger partial charge in [-0.3, -0.25) is 0 Å². The van der Waals surface area contributed by atoms with Crippen LogP contribution >= 0.6 is 0 Å². The summed E-state index contributed by atoms with van der Waals surface area (Å²) in [6.45, 7) is 11.0. The summed E-state index contributed by atoms with van der Waals surface area (Å²) < 4.78 is 15.8. The smallest absolute Gasteiger partial charge is 0.410 e. The number of rotatable bonds is 9. The van der Waals surface area contributed by atoms with Crippen molar-refractivity contribution in [3.05, 3.63) is 41.5 Å². The molecule has 7 nitrogen and oxygen atoms in total. The molecular weight excluding hydrogens is 432 g/mol. The molecule has 0 bridgehead atoms. The largest absolute Gasteiger partial charge is 0.467 e. The molecule has 0 aromatic heterocycles. The summed E-state index contributed by atoms with van der Waals surface area (Å²) in [6, 6.07) is 10.7. The van der Waals surface area contributed by atoms with Crippen LogP contribution in [0.15, 0.2) is 35.9 Å². The van der Waals surface area contributed by atoms with Crippen molar-refractivity contribution in [3.8, 4) is 0 Å². The summed E-state index contributed by atoms with van der Waals surface area (Å²) in [5.41, 5.74) is 1.98. The predicted octanol–water partition coefficient (Wildman–Crippen LogP) is 4.37. The second-order valence-corrected chi connectivity index (χ2v) is 10.3. The fraction of sp³-hybridized carbons (Fsp3) is 0.630. The Balaban J connectivity index is 1.59. The lowest BCUT2D eigenvalue weighted by atomic mass is 10.0. The maximum atomic E-state index is 13.3. The van der Waals surface area contributed by atoms with Crippen LogP contribution in [0, 0.1) is 5.92 Å². The number of amides is 1. The molecule has 1 amide bonds. The van der Waals surface area contributed by atoms with Crippen molar-refractivity contribution < 1.29 is 23.8 Å². The summed E-state index contributed by atoms with van der Waals surface area (Å²) in [5, 5.41) is 0. The van der Waals surface area contributed by atoms with E-state index in [0.29, 0.717) is 12.5 Å². The van der Waals surface area contributed by atoms with Crippen molar-refractivity contribution >= 4 is 18.1 Å². The maximum absolute atomic E-state index is 13.3. The minimum absolute atomic E-state index is 0.0156. The van der Waals surface area contributed by atoms with Crippen LogP contribution in [-0.2, 0) is 19.0 Å². The van der Waals surface area contributed by atoms with E-state index in [0.717, 1.165) is 38.9 Å². The van der Waals surface area contributed by atoms with E-state index in [-0.39, 0.29) is 30.8 Å². The van der Waals surface area contributed by atoms with Crippen molar-refractivity contribution in [3.63, 3.8) is 0 Å². The van der Waals surface area contributed by atoms with Crippen LogP contribution in [0.2, 0.25) is 0 Å². The number of hydrogen-bond donors (Lipinski definition) is 0. The number of benzene rings is 1. The standard InChI is InChI=1S/C27H40N2O5/c1-20(17-21-9-7-6-8-10-21)23-18-24(23)29(26(31)34-27(2,3)4)22-11-13-28(14-12-22)15-16-33-19-25(30)32-5/h6-10,17,22-24H,11-16,18-19H2,1-5H3/t23-,24+/m0/s1. The Morgan fingerprint density at radius 2 is 1.82 bits per heavy atom. The quantitative estimate of drug-likeness (QED) is 0.393. The third-order valence-electron chi connectivity index (χ3n) is 6.45. The Labute approximate surface area is 204 Å². The van der Waals surface area contributed by atoms with E-state index < -0.39 is 5.60 Å². The number of nitrogens with zero attached hydrogens (tertiary/aromatic N) is 2. The summed E-state index contributed by atoms with van der Waals surface area (Å²) in [5.74, 6) is 0.0137. The Bertz CT molecular complexity index is 840. The minimum atomic E-state index is -0.522. The highest BCUT2D eigenvalue weighted by molar-refractivity contribution is 5.70. The highest BCUT2D eigenvalue weighted by atomic mass is 16.6. The minimum Gasteiger partial charge on any atom is -0.467 e. The Morgan fingerprint density at radius 1 is 1.15 bits per heavy atom. The average molecular weight is 473 g/mol. The number of methoxy groups -OCH3 is 1. The molecule has 3 rings (SSSR count). The highest BCUT2D eigenvalue weighted by Gasteiger charge is 2.48. The summed E-state index contributed by atoms with van der Waals surface area (Å²) in [4.78, 5) is 28.8. The van der Waals surface area contributed by atoms with Crippen LogP contribution in [0.5, 0.6) is 0 Å². The zero-order chi connectivity index (χ0) is 24.7. The summed E-state index contributed by atoms with van der Waals surface area (Å²) >= 11 is 0. The van der Waals surface area contributed by atoms with Gasteiger partial charge in [0.15, 0.2) is 0 Å². The first-order valence-corrected chi connectivity index (χ1v) is 12.3. The van der Waals surface area contributed by atoms with Gasteiger partial charge in [-0.15, -0.1) is 0 Å². The molecule has 1 aromatic rings. The highest BCUT2D eigenvalue weighted by Crippen LogP contribution is 2.44. The van der Waals surface area contributed by atoms with Crippen LogP contribution < -0.4 is 0 Å². The first kappa shape index (κ1) is 26.2. The predicted molar refractivity (Wildman–Crippen MR) is 132 cm³/mol. The second-order valence-electron chi connectivity index (χ2n) is 10.3. The molecule has 2 atom stereocenters. The topological polar surface area (TPSA) is 68.3 Å². The van der Waals surface area contributed by atoms with Crippen LogP contribution in [-0.4, -0.2) is 79.5 Å². The lowest BCUT2D eigenvalue weighted by Gasteiger charge is -2.39. The molecule has 0 radical (unpaired) electrons. The van der Waals surface area contributed by atoms with Gasteiger partial charge in [0.2, 0.25) is 0 Å². The molecule has 1 aliphatic heterocycles. The number of hydrogen-bond acceptors (Lipinski definition) is 6. The molecule has 34 heavy (non-hydrogen) atoms. The number of esters is 1. The first-order valence-electron chi connectivity index (χ1n) is 12.3. The van der Waals surface area contributed by atoms with Crippen molar-refractivity contribution in [1.82, 2.24) is 9.80 Å². The van der Waals surface area contributed by atoms with E-state index in [4.69, 9.17) is 9.47 Å². The van der Waals surface area contributed by atoms with Gasteiger partial charge in [-0.1, -0.05) is 42.0 Å². The van der Waals surface area contributed by atoms with Gasteiger partial charge in [-0.05, 0) is 52.5 Å². The molecule has 1 aromatic carbocycles. The summed E-state index contributed by atoms with van der Waals surface area (Å²) in [7, 11) is 1.36. The SMILES string of the molecule is COC(=O)COCCN1CCC(N(C(=O)OC(C)(C)C)[C@@H]2C[C@H]2C(C)=Cc2ccccc2)CC1. The molecule has 0 spiro atoms. The molecule has 1 heterocycles. The van der Waals surface area contributed by atoms with E-state index in [1.54, 1.807) is 0 Å². The third kappa shape index (κ3) is 7.84. The molecule has 1 aliphatic carbocycles. The number of carbonyl (C=O) groups excluding carboxylic acids is 2. The van der Waals surface area contributed by atoms with Crippen molar-refractivity contribution in [2.45, 2.75) is 64.6 Å². The van der Waals surface area contributed by atoms with E-state index in [1.165, 1.54) is 18.2 Å². The van der Waals surface area contributed by atoms with Crippen LogP contribution in [0.25, 0.3) is 6.08 Å². The van der Waals surface area contributed by atoms with Gasteiger partial charge in [0.1, 0.15) is 12.2 Å². The second kappa shape index (κ2) is 11.8. The molecule has 7 heteroatoms. The number of carbonyl (C=O) groups is 2. The van der Waals surface area contributed by atoms with Gasteiger partial charge in [-0.2, -0.15) is 0 Å². The van der Waals surface area contributed by atoms with Crippen LogP contribution in [0.4, 0.5) is 4.79 Å². The molecule has 1 saturated carbocycles. The molecule has 2 fully saturated rings. The molecule has 2 aliphatic rings. The van der Waals surface area contributed by atoms with Gasteiger partial charge >= 0.3 is 12.1 Å². The van der Waals surface area contributed by atoms with Gasteiger partial charge in [-0.25, -0.2) is 9.59 Å². The van der Waals surface area contributed by atoms with Gasteiger partial charge in [0, 0.05) is 37.6 Å². The lowest BCUT2D eigenvalue weighted by Crippen LogP contribution is -2.50. The lowest BCUT2D eigenvalue weighted by molar-refractivity contribution is -0.146. The Morgan fingerprint density at radius 3 is 2.44 bits per heavy atom.